The summed E-state index contributed by atoms with van der Waals surface area (Å²) in [7, 11) is 0. The number of rotatable bonds is 8. The Morgan fingerprint density at radius 2 is 1.95 bits per heavy atom. The van der Waals surface area contributed by atoms with Gasteiger partial charge in [0.25, 0.3) is 0 Å². The minimum atomic E-state index is 0.808. The van der Waals surface area contributed by atoms with Crippen molar-refractivity contribution in [3.8, 4) is 0 Å². The Hall–Kier alpha value is -1.88. The first-order valence-corrected chi connectivity index (χ1v) is 7.67. The lowest BCUT2D eigenvalue weighted by molar-refractivity contribution is 0.245. The van der Waals surface area contributed by atoms with E-state index in [9.17, 15) is 0 Å². The van der Waals surface area contributed by atoms with Crippen molar-refractivity contribution in [2.45, 2.75) is 46.3 Å². The van der Waals surface area contributed by atoms with Gasteiger partial charge in [-0.2, -0.15) is 5.10 Å². The normalized spacial score (nSPS) is 11.2. The Bertz CT molecular complexity index is 549. The Morgan fingerprint density at radius 1 is 1.14 bits per heavy atom. The van der Waals surface area contributed by atoms with Gasteiger partial charge >= 0.3 is 0 Å². The second-order valence-corrected chi connectivity index (χ2v) is 5.31. The third-order valence-electron chi connectivity index (χ3n) is 3.49. The second kappa shape index (κ2) is 7.78. The van der Waals surface area contributed by atoms with Crippen molar-refractivity contribution in [3.05, 3.63) is 42.0 Å². The van der Waals surface area contributed by atoms with E-state index in [-0.39, 0.29) is 0 Å². The van der Waals surface area contributed by atoms with Crippen molar-refractivity contribution in [1.29, 1.82) is 0 Å². The van der Waals surface area contributed by atoms with Crippen LogP contribution in [-0.4, -0.2) is 26.2 Å². The highest BCUT2D eigenvalue weighted by molar-refractivity contribution is 5.46. The number of hydrogen-bond acceptors (Lipinski definition) is 4. The molecule has 0 unspecified atom stereocenters. The van der Waals surface area contributed by atoms with Crippen LogP contribution < -0.4 is 5.73 Å². The number of para-hydroxylation sites is 1. The average Bonchev–Trinajstić information content (AvgIpc) is 2.89. The molecule has 0 spiro atoms. The van der Waals surface area contributed by atoms with E-state index in [1.54, 1.807) is 6.33 Å². The number of aromatic nitrogens is 3. The van der Waals surface area contributed by atoms with E-state index in [1.165, 1.54) is 5.56 Å². The molecule has 1 heterocycles. The number of benzene rings is 1. The number of nitrogens with two attached hydrogens (primary N) is 1. The summed E-state index contributed by atoms with van der Waals surface area (Å²) in [6.07, 6.45) is 3.82. The van der Waals surface area contributed by atoms with Gasteiger partial charge in [-0.05, 0) is 31.0 Å². The minimum absolute atomic E-state index is 0.808. The zero-order valence-corrected chi connectivity index (χ0v) is 13.0. The van der Waals surface area contributed by atoms with Crippen LogP contribution >= 0.6 is 0 Å². The smallest absolute Gasteiger partial charge is 0.141 e. The van der Waals surface area contributed by atoms with Crippen molar-refractivity contribution in [1.82, 2.24) is 19.7 Å². The fourth-order valence-electron chi connectivity index (χ4n) is 2.46. The molecule has 0 aliphatic rings. The molecular formula is C16H25N5. The molecule has 5 heteroatoms. The predicted molar refractivity (Wildman–Crippen MR) is 85.6 cm³/mol. The van der Waals surface area contributed by atoms with E-state index in [0.29, 0.717) is 0 Å². The van der Waals surface area contributed by atoms with E-state index >= 15 is 0 Å². The zero-order chi connectivity index (χ0) is 15.1. The van der Waals surface area contributed by atoms with Crippen molar-refractivity contribution in [2.75, 3.05) is 12.3 Å². The first kappa shape index (κ1) is 15.5. The summed E-state index contributed by atoms with van der Waals surface area (Å²) in [6, 6.07) is 8.06. The first-order valence-electron chi connectivity index (χ1n) is 7.67. The van der Waals surface area contributed by atoms with Gasteiger partial charge in [-0.15, -0.1) is 0 Å². The molecule has 0 atom stereocenters. The summed E-state index contributed by atoms with van der Waals surface area (Å²) in [5.74, 6) is 1.03. The molecule has 114 valence electrons. The topological polar surface area (TPSA) is 60.0 Å². The maximum Gasteiger partial charge on any atom is 0.141 e. The van der Waals surface area contributed by atoms with Crippen molar-refractivity contribution in [2.24, 2.45) is 0 Å². The van der Waals surface area contributed by atoms with Gasteiger partial charge in [0.15, 0.2) is 0 Å². The summed E-state index contributed by atoms with van der Waals surface area (Å²) in [5.41, 5.74) is 8.08. The van der Waals surface area contributed by atoms with Crippen LogP contribution in [0.4, 0.5) is 5.69 Å². The largest absolute Gasteiger partial charge is 0.398 e. The molecule has 0 bridgehead atoms. The summed E-state index contributed by atoms with van der Waals surface area (Å²) < 4.78 is 2.00. The lowest BCUT2D eigenvalue weighted by Gasteiger charge is -2.22. The maximum absolute atomic E-state index is 6.06. The summed E-state index contributed by atoms with van der Waals surface area (Å²) in [5, 5.41) is 4.30. The maximum atomic E-state index is 6.06. The van der Waals surface area contributed by atoms with Crippen LogP contribution in [0, 0.1) is 0 Å². The lowest BCUT2D eigenvalue weighted by atomic mass is 10.1. The van der Waals surface area contributed by atoms with Crippen LogP contribution in [0.15, 0.2) is 30.6 Å². The van der Waals surface area contributed by atoms with E-state index in [0.717, 1.165) is 50.5 Å². The van der Waals surface area contributed by atoms with E-state index < -0.39 is 0 Å². The van der Waals surface area contributed by atoms with Crippen LogP contribution in [0.3, 0.4) is 0 Å². The van der Waals surface area contributed by atoms with Gasteiger partial charge in [0.1, 0.15) is 12.2 Å². The van der Waals surface area contributed by atoms with Crippen LogP contribution in [0.1, 0.15) is 38.1 Å². The molecule has 0 radical (unpaired) electrons. The molecule has 2 aromatic rings. The predicted octanol–water partition coefficient (Wildman–Crippen LogP) is 2.68. The van der Waals surface area contributed by atoms with Crippen molar-refractivity contribution < 1.29 is 0 Å². The number of nitrogens with zero attached hydrogens (tertiary/aromatic N) is 4. The molecule has 2 N–H and O–H groups in total. The minimum Gasteiger partial charge on any atom is -0.398 e. The number of anilines is 1. The van der Waals surface area contributed by atoms with Crippen LogP contribution in [-0.2, 0) is 19.6 Å². The highest BCUT2D eigenvalue weighted by atomic mass is 15.3. The fourth-order valence-corrected chi connectivity index (χ4v) is 2.46. The number of nitrogen functional groups attached to an aromatic ring is 1. The Balaban J connectivity index is 2.08. The summed E-state index contributed by atoms with van der Waals surface area (Å²) in [6.45, 7) is 7.94. The number of hydrogen-bond donors (Lipinski definition) is 1. The van der Waals surface area contributed by atoms with Crippen LogP contribution in [0.2, 0.25) is 0 Å². The van der Waals surface area contributed by atoms with E-state index in [1.807, 2.05) is 22.9 Å². The summed E-state index contributed by atoms with van der Waals surface area (Å²) >= 11 is 0. The molecule has 0 aliphatic carbocycles. The number of aryl methyl sites for hydroxylation is 1. The molecule has 1 aromatic heterocycles. The molecule has 0 amide bonds. The van der Waals surface area contributed by atoms with Gasteiger partial charge in [-0.1, -0.05) is 32.0 Å². The van der Waals surface area contributed by atoms with Crippen LogP contribution in [0.25, 0.3) is 0 Å². The van der Waals surface area contributed by atoms with Gasteiger partial charge in [0.2, 0.25) is 0 Å². The van der Waals surface area contributed by atoms with E-state index in [4.69, 9.17) is 5.73 Å². The van der Waals surface area contributed by atoms with Gasteiger partial charge in [-0.3, -0.25) is 4.90 Å². The molecule has 0 aliphatic heterocycles. The van der Waals surface area contributed by atoms with E-state index in [2.05, 4.69) is 34.9 Å². The quantitative estimate of drug-likeness (QED) is 0.758. The standard InChI is InChI=1S/C16H25N5/c1-3-9-20(11-14-7-5-6-8-15(14)17)12-16-18-13-19-21(16)10-4-2/h5-8,13H,3-4,9-12,17H2,1-2H3. The van der Waals surface area contributed by atoms with Gasteiger partial charge in [0, 0.05) is 18.8 Å². The first-order chi connectivity index (χ1) is 10.2. The fraction of sp³-hybridized carbons (Fsp3) is 0.500. The van der Waals surface area contributed by atoms with Crippen molar-refractivity contribution in [3.63, 3.8) is 0 Å². The molecule has 0 saturated heterocycles. The molecular weight excluding hydrogens is 262 g/mol. The Kier molecular flexibility index (Phi) is 5.75. The summed E-state index contributed by atoms with van der Waals surface area (Å²) in [4.78, 5) is 6.78. The van der Waals surface area contributed by atoms with Gasteiger partial charge < -0.3 is 5.73 Å². The molecule has 1 aromatic carbocycles. The molecule has 0 fully saturated rings. The highest BCUT2D eigenvalue weighted by Crippen LogP contribution is 2.15. The SMILES string of the molecule is CCCN(Cc1ccccc1N)Cc1ncnn1CCC. The Labute approximate surface area is 126 Å². The lowest BCUT2D eigenvalue weighted by Crippen LogP contribution is -2.26. The van der Waals surface area contributed by atoms with Gasteiger partial charge in [-0.25, -0.2) is 9.67 Å². The Morgan fingerprint density at radius 3 is 2.67 bits per heavy atom. The van der Waals surface area contributed by atoms with Crippen molar-refractivity contribution >= 4 is 5.69 Å². The van der Waals surface area contributed by atoms with Gasteiger partial charge in [0.05, 0.1) is 6.54 Å². The third kappa shape index (κ3) is 4.29. The van der Waals surface area contributed by atoms with Crippen LogP contribution in [0.5, 0.6) is 0 Å². The second-order valence-electron chi connectivity index (χ2n) is 5.31. The monoisotopic (exact) mass is 287 g/mol. The third-order valence-corrected chi connectivity index (χ3v) is 3.49. The molecule has 21 heavy (non-hydrogen) atoms. The molecule has 5 nitrogen and oxygen atoms in total. The highest BCUT2D eigenvalue weighted by Gasteiger charge is 2.12. The molecule has 0 saturated carbocycles. The molecule has 2 rings (SSSR count). The zero-order valence-electron chi connectivity index (χ0n) is 13.0. The average molecular weight is 287 g/mol.